The van der Waals surface area contributed by atoms with Gasteiger partial charge in [0.1, 0.15) is 6.54 Å². The van der Waals surface area contributed by atoms with Gasteiger partial charge < -0.3 is 5.73 Å². The molecule has 0 aliphatic heterocycles. The molecule has 1 atom stereocenters. The normalized spacial score (nSPS) is 12.6. The van der Waals surface area contributed by atoms with E-state index in [1.165, 1.54) is 4.68 Å². The summed E-state index contributed by atoms with van der Waals surface area (Å²) >= 11 is 0. The average molecular weight is 276 g/mol. The van der Waals surface area contributed by atoms with E-state index in [0.717, 1.165) is 12.1 Å². The molecule has 7 heteroatoms. The fourth-order valence-corrected chi connectivity index (χ4v) is 1.85. The smallest absolute Gasteiger partial charge is 0.160 e. The highest BCUT2D eigenvalue weighted by molar-refractivity contribution is 5.80. The summed E-state index contributed by atoms with van der Waals surface area (Å²) in [6.45, 7) is 4.73. The predicted molar refractivity (Wildman–Crippen MR) is 73.9 cm³/mol. The molecule has 20 heavy (non-hydrogen) atoms. The Morgan fingerprint density at radius 2 is 2.25 bits per heavy atom. The number of hydrogen-bond acceptors (Lipinski definition) is 5. The third-order valence-corrected chi connectivity index (χ3v) is 3.22. The van der Waals surface area contributed by atoms with Crippen LogP contribution < -0.4 is 5.73 Å². The van der Waals surface area contributed by atoms with Gasteiger partial charge in [0.2, 0.25) is 0 Å². The van der Waals surface area contributed by atoms with Crippen molar-refractivity contribution < 1.29 is 4.79 Å². The highest BCUT2D eigenvalue weighted by atomic mass is 16.1. The van der Waals surface area contributed by atoms with Crippen LogP contribution in [0.15, 0.2) is 18.5 Å². The minimum Gasteiger partial charge on any atom is -0.325 e. The predicted octanol–water partition coefficient (Wildman–Crippen LogP) is 0.716. The van der Waals surface area contributed by atoms with E-state index in [-0.39, 0.29) is 12.3 Å². The van der Waals surface area contributed by atoms with Crippen molar-refractivity contribution in [3.63, 3.8) is 0 Å². The molecule has 0 saturated carbocycles. The molecule has 0 aliphatic rings. The van der Waals surface area contributed by atoms with E-state index in [0.29, 0.717) is 24.7 Å². The second-order valence-corrected chi connectivity index (χ2v) is 4.87. The molecule has 2 N–H and O–H groups in total. The van der Waals surface area contributed by atoms with Gasteiger partial charge >= 0.3 is 0 Å². The molecule has 0 saturated heterocycles. The summed E-state index contributed by atoms with van der Waals surface area (Å²) in [6, 6.07) is 2.23. The van der Waals surface area contributed by atoms with E-state index in [1.54, 1.807) is 6.20 Å². The lowest BCUT2D eigenvalue weighted by atomic mass is 10.2. The minimum atomic E-state index is 0.0490. The zero-order valence-corrected chi connectivity index (χ0v) is 11.9. The van der Waals surface area contributed by atoms with Crippen LogP contribution in [0.2, 0.25) is 0 Å². The van der Waals surface area contributed by atoms with Crippen molar-refractivity contribution in [2.75, 3.05) is 0 Å². The maximum atomic E-state index is 12.0. The lowest BCUT2D eigenvalue weighted by Gasteiger charge is -2.07. The van der Waals surface area contributed by atoms with Crippen LogP contribution in [-0.2, 0) is 24.3 Å². The summed E-state index contributed by atoms with van der Waals surface area (Å²) < 4.78 is 3.40. The van der Waals surface area contributed by atoms with Crippen LogP contribution in [-0.4, -0.2) is 30.6 Å². The Hall–Kier alpha value is -2.02. The van der Waals surface area contributed by atoms with Gasteiger partial charge in [-0.2, -0.15) is 5.10 Å². The first-order valence-electron chi connectivity index (χ1n) is 6.77. The van der Waals surface area contributed by atoms with E-state index >= 15 is 0 Å². The van der Waals surface area contributed by atoms with Gasteiger partial charge in [-0.25, -0.2) is 4.68 Å². The first kappa shape index (κ1) is 14.4. The van der Waals surface area contributed by atoms with E-state index in [2.05, 4.69) is 29.3 Å². The van der Waals surface area contributed by atoms with Crippen LogP contribution in [0.25, 0.3) is 0 Å². The van der Waals surface area contributed by atoms with Crippen molar-refractivity contribution in [2.45, 2.75) is 45.8 Å². The fraction of sp³-hybridized carbons (Fsp3) is 0.538. The van der Waals surface area contributed by atoms with Gasteiger partial charge in [-0.3, -0.25) is 9.48 Å². The first-order chi connectivity index (χ1) is 9.62. The molecule has 0 spiro atoms. The maximum Gasteiger partial charge on any atom is 0.160 e. The molecule has 0 aliphatic carbocycles. The topological polar surface area (TPSA) is 91.6 Å². The zero-order chi connectivity index (χ0) is 14.5. The molecule has 108 valence electrons. The second kappa shape index (κ2) is 6.42. The first-order valence-corrected chi connectivity index (χ1v) is 6.77. The Bertz CT molecular complexity index is 573. The molecule has 2 heterocycles. The highest BCUT2D eigenvalue weighted by Crippen LogP contribution is 2.09. The van der Waals surface area contributed by atoms with Crippen LogP contribution in [0.1, 0.15) is 37.7 Å². The van der Waals surface area contributed by atoms with Crippen molar-refractivity contribution in [1.29, 1.82) is 0 Å². The summed E-state index contributed by atoms with van der Waals surface area (Å²) in [4.78, 5) is 12.0. The van der Waals surface area contributed by atoms with Gasteiger partial charge in [0.25, 0.3) is 0 Å². The van der Waals surface area contributed by atoms with Gasteiger partial charge in [0.05, 0.1) is 24.0 Å². The molecule has 0 bridgehead atoms. The maximum absolute atomic E-state index is 12.0. The molecular formula is C13H20N6O. The lowest BCUT2D eigenvalue weighted by molar-refractivity contribution is -0.119. The number of nitrogens with two attached hydrogens (primary N) is 1. The summed E-state index contributed by atoms with van der Waals surface area (Å²) in [5.74, 6) is 0.0490. The van der Waals surface area contributed by atoms with E-state index < -0.39 is 0 Å². The quantitative estimate of drug-likeness (QED) is 0.804. The second-order valence-electron chi connectivity index (χ2n) is 4.87. The van der Waals surface area contributed by atoms with Crippen LogP contribution in [0.4, 0.5) is 0 Å². The molecule has 2 aromatic rings. The van der Waals surface area contributed by atoms with Gasteiger partial charge in [-0.05, 0) is 19.4 Å². The van der Waals surface area contributed by atoms with Crippen molar-refractivity contribution in [1.82, 2.24) is 24.8 Å². The minimum absolute atomic E-state index is 0.0490. The summed E-state index contributed by atoms with van der Waals surface area (Å²) in [6.07, 6.45) is 4.92. The molecule has 0 fully saturated rings. The Morgan fingerprint density at radius 1 is 1.45 bits per heavy atom. The summed E-state index contributed by atoms with van der Waals surface area (Å²) in [5.41, 5.74) is 6.91. The highest BCUT2D eigenvalue weighted by Gasteiger charge is 2.10. The number of nitrogens with zero attached hydrogens (tertiary/aromatic N) is 5. The van der Waals surface area contributed by atoms with Gasteiger partial charge in [-0.15, -0.1) is 5.10 Å². The lowest BCUT2D eigenvalue weighted by Crippen LogP contribution is -2.14. The Labute approximate surface area is 117 Å². The molecule has 2 rings (SSSR count). The Kier molecular flexibility index (Phi) is 4.62. The van der Waals surface area contributed by atoms with Crippen LogP contribution in [0, 0.1) is 0 Å². The average Bonchev–Trinajstić information content (AvgIpc) is 3.07. The largest absolute Gasteiger partial charge is 0.325 e. The number of carbonyl (C=O) groups excluding carboxylic acids is 1. The van der Waals surface area contributed by atoms with Crippen molar-refractivity contribution in [3.8, 4) is 0 Å². The van der Waals surface area contributed by atoms with E-state index in [1.807, 2.05) is 16.9 Å². The monoisotopic (exact) mass is 276 g/mol. The summed E-state index contributed by atoms with van der Waals surface area (Å²) in [7, 11) is 0. The van der Waals surface area contributed by atoms with Crippen molar-refractivity contribution in [3.05, 3.63) is 29.8 Å². The third kappa shape index (κ3) is 3.51. The molecule has 0 radical (unpaired) electrons. The van der Waals surface area contributed by atoms with Gasteiger partial charge in [0.15, 0.2) is 5.78 Å². The molecule has 0 amide bonds. The van der Waals surface area contributed by atoms with Crippen molar-refractivity contribution in [2.24, 2.45) is 5.73 Å². The third-order valence-electron chi connectivity index (χ3n) is 3.22. The molecular weight excluding hydrogens is 256 g/mol. The number of hydrogen-bond donors (Lipinski definition) is 1. The van der Waals surface area contributed by atoms with E-state index in [4.69, 9.17) is 5.73 Å². The van der Waals surface area contributed by atoms with Crippen LogP contribution in [0.3, 0.4) is 0 Å². The molecule has 0 aromatic carbocycles. The molecule has 2 aromatic heterocycles. The number of ketones is 1. The Morgan fingerprint density at radius 3 is 2.90 bits per heavy atom. The van der Waals surface area contributed by atoms with Crippen LogP contribution >= 0.6 is 0 Å². The number of rotatable bonds is 7. The number of carbonyl (C=O) groups is 1. The van der Waals surface area contributed by atoms with Crippen molar-refractivity contribution >= 4 is 5.78 Å². The van der Waals surface area contributed by atoms with E-state index in [9.17, 15) is 4.79 Å². The van der Waals surface area contributed by atoms with Gasteiger partial charge in [-0.1, -0.05) is 12.1 Å². The Balaban J connectivity index is 1.92. The number of Topliss-reactive ketones (excluding diaryl/α,β-unsaturated/α-hetero) is 1. The molecule has 7 nitrogen and oxygen atoms in total. The molecule has 1 unspecified atom stereocenters. The number of aromatic nitrogens is 5. The van der Waals surface area contributed by atoms with Gasteiger partial charge in [0, 0.05) is 18.8 Å². The fourth-order valence-electron chi connectivity index (χ4n) is 1.85. The zero-order valence-electron chi connectivity index (χ0n) is 11.9. The summed E-state index contributed by atoms with van der Waals surface area (Å²) in [5, 5.41) is 12.1. The van der Waals surface area contributed by atoms with Crippen LogP contribution in [0.5, 0.6) is 0 Å². The SMILES string of the molecule is CCC(C)n1ccc(CC(=O)Cn2cc(CN)nn2)n1. The standard InChI is InChI=1S/C13H20N6O/c1-3-10(2)19-5-4-11(16-19)6-13(20)9-18-8-12(7-14)15-17-18/h4-5,8,10H,3,6-7,9,14H2,1-2H3.